The molecule has 0 saturated carbocycles. The average molecular weight is 259 g/mol. The maximum atomic E-state index is 13.6. The second-order valence-corrected chi connectivity index (χ2v) is 5.15. The van der Waals surface area contributed by atoms with Gasteiger partial charge in [-0.1, -0.05) is 25.4 Å². The van der Waals surface area contributed by atoms with Crippen molar-refractivity contribution in [2.45, 2.75) is 13.8 Å². The van der Waals surface area contributed by atoms with Crippen LogP contribution in [0.5, 0.6) is 0 Å². The summed E-state index contributed by atoms with van der Waals surface area (Å²) >= 11 is 5.88. The van der Waals surface area contributed by atoms with Crippen molar-refractivity contribution in [3.8, 4) is 0 Å². The molecule has 1 unspecified atom stereocenters. The summed E-state index contributed by atoms with van der Waals surface area (Å²) in [5.41, 5.74) is 6.25. The minimum Gasteiger partial charge on any atom is -0.372 e. The predicted molar refractivity (Wildman–Crippen MR) is 72.1 cm³/mol. The number of anilines is 1. The number of benzene rings is 1. The Balaban J connectivity index is 2.81. The molecule has 1 atom stereocenters. The summed E-state index contributed by atoms with van der Waals surface area (Å²) in [5, 5.41) is 0.544. The molecule has 1 aromatic rings. The molecule has 0 bridgehead atoms. The zero-order chi connectivity index (χ0) is 13.0. The van der Waals surface area contributed by atoms with E-state index in [0.29, 0.717) is 29.1 Å². The zero-order valence-corrected chi connectivity index (χ0v) is 11.3. The third-order valence-electron chi connectivity index (χ3n) is 3.07. The van der Waals surface area contributed by atoms with Gasteiger partial charge in [-0.3, -0.25) is 0 Å². The van der Waals surface area contributed by atoms with Crippen LogP contribution in [0.3, 0.4) is 0 Å². The molecule has 96 valence electrons. The highest BCUT2D eigenvalue weighted by molar-refractivity contribution is 6.30. The second-order valence-electron chi connectivity index (χ2n) is 4.72. The van der Waals surface area contributed by atoms with Crippen LogP contribution in [0.25, 0.3) is 0 Å². The Kier molecular flexibility index (Phi) is 5.22. The maximum Gasteiger partial charge on any atom is 0.146 e. The fourth-order valence-electron chi connectivity index (χ4n) is 1.79. The Morgan fingerprint density at radius 2 is 2.06 bits per heavy atom. The summed E-state index contributed by atoms with van der Waals surface area (Å²) in [7, 11) is 1.86. The fraction of sp³-hybridized carbons (Fsp3) is 0.538. The molecule has 1 aromatic carbocycles. The molecule has 0 aliphatic rings. The third-order valence-corrected chi connectivity index (χ3v) is 3.31. The van der Waals surface area contributed by atoms with Crippen molar-refractivity contribution in [1.29, 1.82) is 0 Å². The quantitative estimate of drug-likeness (QED) is 0.879. The van der Waals surface area contributed by atoms with Gasteiger partial charge in [0.25, 0.3) is 0 Å². The van der Waals surface area contributed by atoms with E-state index in [4.69, 9.17) is 17.3 Å². The van der Waals surface area contributed by atoms with Crippen LogP contribution in [0.1, 0.15) is 13.8 Å². The van der Waals surface area contributed by atoms with Crippen LogP contribution in [0.2, 0.25) is 5.02 Å². The first-order valence-electron chi connectivity index (χ1n) is 5.82. The van der Waals surface area contributed by atoms with Gasteiger partial charge in [0.2, 0.25) is 0 Å². The van der Waals surface area contributed by atoms with Crippen LogP contribution in [-0.4, -0.2) is 20.1 Å². The fourth-order valence-corrected chi connectivity index (χ4v) is 1.95. The highest BCUT2D eigenvalue weighted by Gasteiger charge is 2.16. The molecule has 0 aliphatic heterocycles. The van der Waals surface area contributed by atoms with Gasteiger partial charge < -0.3 is 10.6 Å². The first kappa shape index (κ1) is 14.3. The highest BCUT2D eigenvalue weighted by atomic mass is 35.5. The first-order valence-corrected chi connectivity index (χ1v) is 6.19. The summed E-state index contributed by atoms with van der Waals surface area (Å²) in [6, 6.07) is 4.59. The van der Waals surface area contributed by atoms with E-state index in [1.807, 2.05) is 11.9 Å². The SMILES string of the molecule is CC(C)C(CN)CN(C)c1cc(Cl)ccc1F. The van der Waals surface area contributed by atoms with Crippen molar-refractivity contribution in [3.05, 3.63) is 29.0 Å². The van der Waals surface area contributed by atoms with E-state index in [-0.39, 0.29) is 5.82 Å². The average Bonchev–Trinajstić information content (AvgIpc) is 2.28. The van der Waals surface area contributed by atoms with Crippen molar-refractivity contribution >= 4 is 17.3 Å². The van der Waals surface area contributed by atoms with E-state index >= 15 is 0 Å². The Hall–Kier alpha value is -0.800. The molecular weight excluding hydrogens is 239 g/mol. The molecule has 4 heteroatoms. The topological polar surface area (TPSA) is 29.3 Å². The van der Waals surface area contributed by atoms with Crippen LogP contribution >= 0.6 is 11.6 Å². The lowest BCUT2D eigenvalue weighted by molar-refractivity contribution is 0.396. The number of nitrogens with zero attached hydrogens (tertiary/aromatic N) is 1. The first-order chi connectivity index (χ1) is 7.95. The molecule has 17 heavy (non-hydrogen) atoms. The molecule has 0 spiro atoms. The maximum absolute atomic E-state index is 13.6. The smallest absolute Gasteiger partial charge is 0.146 e. The zero-order valence-electron chi connectivity index (χ0n) is 10.6. The number of nitrogens with two attached hydrogens (primary N) is 1. The Morgan fingerprint density at radius 3 is 2.59 bits per heavy atom. The van der Waals surface area contributed by atoms with E-state index in [2.05, 4.69) is 13.8 Å². The summed E-state index contributed by atoms with van der Waals surface area (Å²) in [5.74, 6) is 0.569. The third kappa shape index (κ3) is 3.86. The summed E-state index contributed by atoms with van der Waals surface area (Å²) in [6.07, 6.45) is 0. The Bertz CT molecular complexity index is 368. The molecule has 0 fully saturated rings. The van der Waals surface area contributed by atoms with Gasteiger partial charge in [0.05, 0.1) is 5.69 Å². The molecule has 0 radical (unpaired) electrons. The Morgan fingerprint density at radius 1 is 1.41 bits per heavy atom. The number of hydrogen-bond donors (Lipinski definition) is 1. The monoisotopic (exact) mass is 258 g/mol. The largest absolute Gasteiger partial charge is 0.372 e. The lowest BCUT2D eigenvalue weighted by Gasteiger charge is -2.27. The normalized spacial score (nSPS) is 12.9. The van der Waals surface area contributed by atoms with Crippen molar-refractivity contribution in [1.82, 2.24) is 0 Å². The Labute approximate surface area is 108 Å². The van der Waals surface area contributed by atoms with Gasteiger partial charge >= 0.3 is 0 Å². The minimum atomic E-state index is -0.253. The van der Waals surface area contributed by atoms with Crippen LogP contribution in [0.4, 0.5) is 10.1 Å². The van der Waals surface area contributed by atoms with Crippen LogP contribution < -0.4 is 10.6 Å². The van der Waals surface area contributed by atoms with Gasteiger partial charge in [0, 0.05) is 18.6 Å². The van der Waals surface area contributed by atoms with Gasteiger partial charge in [0.1, 0.15) is 5.82 Å². The summed E-state index contributed by atoms with van der Waals surface area (Å²) in [4.78, 5) is 1.87. The molecule has 0 aliphatic carbocycles. The van der Waals surface area contributed by atoms with Gasteiger partial charge in [0.15, 0.2) is 0 Å². The van der Waals surface area contributed by atoms with Gasteiger partial charge in [-0.25, -0.2) is 4.39 Å². The number of hydrogen-bond acceptors (Lipinski definition) is 2. The highest BCUT2D eigenvalue weighted by Crippen LogP contribution is 2.24. The van der Waals surface area contributed by atoms with E-state index in [1.165, 1.54) is 6.07 Å². The van der Waals surface area contributed by atoms with E-state index < -0.39 is 0 Å². The predicted octanol–water partition coefficient (Wildman–Crippen LogP) is 3.15. The number of rotatable bonds is 5. The molecule has 1 rings (SSSR count). The molecular formula is C13H20ClFN2. The van der Waals surface area contributed by atoms with Crippen molar-refractivity contribution in [2.24, 2.45) is 17.6 Å². The van der Waals surface area contributed by atoms with Crippen LogP contribution in [-0.2, 0) is 0 Å². The lowest BCUT2D eigenvalue weighted by Crippen LogP contribution is -2.33. The lowest BCUT2D eigenvalue weighted by atomic mass is 9.95. The van der Waals surface area contributed by atoms with Crippen LogP contribution in [0, 0.1) is 17.7 Å². The standard InChI is InChI=1S/C13H20ClFN2/c1-9(2)10(7-16)8-17(3)13-6-11(14)4-5-12(13)15/h4-6,9-10H,7-8,16H2,1-3H3. The van der Waals surface area contributed by atoms with E-state index in [9.17, 15) is 4.39 Å². The molecule has 2 N–H and O–H groups in total. The van der Waals surface area contributed by atoms with Crippen LogP contribution in [0.15, 0.2) is 18.2 Å². The summed E-state index contributed by atoms with van der Waals surface area (Å²) < 4.78 is 13.6. The van der Waals surface area contributed by atoms with E-state index in [0.717, 1.165) is 6.54 Å². The van der Waals surface area contributed by atoms with E-state index in [1.54, 1.807) is 12.1 Å². The summed E-state index contributed by atoms with van der Waals surface area (Å²) in [6.45, 7) is 5.58. The van der Waals surface area contributed by atoms with Gasteiger partial charge in [-0.2, -0.15) is 0 Å². The second kappa shape index (κ2) is 6.22. The van der Waals surface area contributed by atoms with Crippen molar-refractivity contribution < 1.29 is 4.39 Å². The van der Waals surface area contributed by atoms with Gasteiger partial charge in [-0.15, -0.1) is 0 Å². The van der Waals surface area contributed by atoms with Gasteiger partial charge in [-0.05, 0) is 36.6 Å². The molecule has 2 nitrogen and oxygen atoms in total. The molecule has 0 heterocycles. The van der Waals surface area contributed by atoms with Crippen molar-refractivity contribution in [3.63, 3.8) is 0 Å². The number of halogens is 2. The molecule has 0 saturated heterocycles. The molecule has 0 aromatic heterocycles. The minimum absolute atomic E-state index is 0.253. The van der Waals surface area contributed by atoms with Crippen molar-refractivity contribution in [2.75, 3.05) is 25.0 Å². The molecule has 0 amide bonds.